The predicted molar refractivity (Wildman–Crippen MR) is 224 cm³/mol. The Morgan fingerprint density at radius 1 is 0.500 bits per heavy atom. The zero-order chi connectivity index (χ0) is 36.1. The summed E-state index contributed by atoms with van der Waals surface area (Å²) in [6.07, 6.45) is 14.5. The molecule has 1 heteroatoms. The van der Waals surface area contributed by atoms with Crippen molar-refractivity contribution >= 4 is 17.1 Å². The molecule has 0 amide bonds. The van der Waals surface area contributed by atoms with E-state index < -0.39 is 0 Å². The summed E-state index contributed by atoms with van der Waals surface area (Å²) in [6, 6.07) is 41.3. The maximum atomic E-state index is 2.57. The summed E-state index contributed by atoms with van der Waals surface area (Å²) in [6.45, 7) is 9.79. The van der Waals surface area contributed by atoms with E-state index in [4.69, 9.17) is 0 Å². The van der Waals surface area contributed by atoms with E-state index in [1.165, 1.54) is 126 Å². The van der Waals surface area contributed by atoms with Gasteiger partial charge in [-0.25, -0.2) is 0 Å². The number of anilines is 3. The van der Waals surface area contributed by atoms with Gasteiger partial charge >= 0.3 is 0 Å². The van der Waals surface area contributed by atoms with Gasteiger partial charge in [0.1, 0.15) is 0 Å². The molecule has 0 heterocycles. The average molecular weight is 706 g/mol. The van der Waals surface area contributed by atoms with Gasteiger partial charge in [-0.3, -0.25) is 0 Å². The third-order valence-electron chi connectivity index (χ3n) is 16.7. The van der Waals surface area contributed by atoms with Crippen LogP contribution in [0.4, 0.5) is 17.1 Å². The third-order valence-corrected chi connectivity index (χ3v) is 16.7. The van der Waals surface area contributed by atoms with Crippen LogP contribution in [0.1, 0.15) is 131 Å². The van der Waals surface area contributed by atoms with E-state index in [-0.39, 0.29) is 10.8 Å². The highest BCUT2D eigenvalue weighted by Crippen LogP contribution is 2.62. The van der Waals surface area contributed by atoms with Crippen molar-refractivity contribution in [1.29, 1.82) is 0 Å². The van der Waals surface area contributed by atoms with Crippen LogP contribution in [0.25, 0.3) is 22.3 Å². The fourth-order valence-corrected chi connectivity index (χ4v) is 14.6. The second-order valence-corrected chi connectivity index (χ2v) is 20.4. The Morgan fingerprint density at radius 2 is 1.15 bits per heavy atom. The van der Waals surface area contributed by atoms with Gasteiger partial charge in [-0.1, -0.05) is 101 Å². The lowest BCUT2D eigenvalue weighted by atomic mass is 9.48. The molecule has 0 saturated heterocycles. The number of nitrogens with zero attached hydrogens (tertiary/aromatic N) is 1. The van der Waals surface area contributed by atoms with E-state index in [0.29, 0.717) is 5.41 Å². The standard InChI is InChI=1S/C53H55N/c1-51(2)47-22-21-43-42-7-5-6-8-46(42)52(3,4)50(43)49(47)44-20-19-41(28-48(44)51)54(39-15-11-36(12-16-39)45-27-32-9-10-37(45)26-32)40-17-13-38(14-18-40)53-29-33-23-34(30-53)25-35(24-33)31-53/h5-8,11-22,28,32-35,37,45H,9-10,23-27,29-31H2,1-4H3. The number of hydrogen-bond acceptors (Lipinski definition) is 1. The monoisotopic (exact) mass is 705 g/mol. The summed E-state index contributed by atoms with van der Waals surface area (Å²) in [5, 5.41) is 0. The van der Waals surface area contributed by atoms with E-state index in [2.05, 4.69) is 136 Å². The first kappa shape index (κ1) is 32.2. The van der Waals surface area contributed by atoms with Crippen molar-refractivity contribution in [3.63, 3.8) is 0 Å². The van der Waals surface area contributed by atoms with Gasteiger partial charge in [-0.2, -0.15) is 0 Å². The molecule has 3 atom stereocenters. The van der Waals surface area contributed by atoms with Crippen LogP contribution < -0.4 is 4.90 Å². The first-order valence-corrected chi connectivity index (χ1v) is 21.6. The summed E-state index contributed by atoms with van der Waals surface area (Å²) in [4.78, 5) is 2.57. The number of rotatable bonds is 5. The van der Waals surface area contributed by atoms with Gasteiger partial charge in [-0.05, 0) is 191 Å². The van der Waals surface area contributed by atoms with E-state index in [0.717, 1.165) is 35.5 Å². The largest absolute Gasteiger partial charge is 0.310 e. The Labute approximate surface area is 323 Å². The lowest BCUT2D eigenvalue weighted by Crippen LogP contribution is -2.48. The zero-order valence-corrected chi connectivity index (χ0v) is 32.8. The van der Waals surface area contributed by atoms with E-state index in [1.807, 2.05) is 0 Å². The molecular weight excluding hydrogens is 651 g/mol. The normalized spacial score (nSPS) is 31.0. The van der Waals surface area contributed by atoms with Gasteiger partial charge in [-0.15, -0.1) is 0 Å². The molecule has 6 bridgehead atoms. The molecule has 5 aromatic rings. The lowest BCUT2D eigenvalue weighted by molar-refractivity contribution is -0.00518. The van der Waals surface area contributed by atoms with Crippen LogP contribution in [0.3, 0.4) is 0 Å². The molecule has 8 aliphatic carbocycles. The molecule has 0 N–H and O–H groups in total. The van der Waals surface area contributed by atoms with Gasteiger partial charge in [0.25, 0.3) is 0 Å². The minimum atomic E-state index is -0.0970. The highest BCUT2D eigenvalue weighted by Gasteiger charge is 2.52. The molecule has 1 nitrogen and oxygen atoms in total. The molecule has 13 rings (SSSR count). The maximum absolute atomic E-state index is 2.57. The molecule has 8 aliphatic rings. The van der Waals surface area contributed by atoms with Crippen LogP contribution in [-0.4, -0.2) is 0 Å². The minimum Gasteiger partial charge on any atom is -0.310 e. The molecule has 0 radical (unpaired) electrons. The molecule has 54 heavy (non-hydrogen) atoms. The quantitative estimate of drug-likeness (QED) is 0.176. The SMILES string of the molecule is CC1(C)c2cc(N(c3ccc(C4CC5CCC4C5)cc3)c3ccc(C45CC6CC(CC(C6)C4)C5)cc3)ccc2-c2c1ccc1c2C(C)(C)c2ccccc2-1. The molecule has 6 saturated carbocycles. The van der Waals surface area contributed by atoms with Crippen molar-refractivity contribution in [2.24, 2.45) is 29.6 Å². The molecule has 0 aliphatic heterocycles. The number of fused-ring (bicyclic) bond motifs is 9. The van der Waals surface area contributed by atoms with Gasteiger partial charge < -0.3 is 4.90 Å². The van der Waals surface area contributed by atoms with E-state index in [9.17, 15) is 0 Å². The fourth-order valence-electron chi connectivity index (χ4n) is 14.6. The zero-order valence-electron chi connectivity index (χ0n) is 32.8. The van der Waals surface area contributed by atoms with Crippen LogP contribution in [0.2, 0.25) is 0 Å². The maximum Gasteiger partial charge on any atom is 0.0465 e. The second kappa shape index (κ2) is 11.0. The Hall–Kier alpha value is -4.10. The topological polar surface area (TPSA) is 3.24 Å². The van der Waals surface area contributed by atoms with Crippen molar-refractivity contribution in [2.45, 2.75) is 114 Å². The first-order chi connectivity index (χ1) is 26.2. The second-order valence-electron chi connectivity index (χ2n) is 20.4. The van der Waals surface area contributed by atoms with Gasteiger partial charge in [0.05, 0.1) is 0 Å². The summed E-state index contributed by atoms with van der Waals surface area (Å²) >= 11 is 0. The van der Waals surface area contributed by atoms with Crippen LogP contribution in [0, 0.1) is 29.6 Å². The number of hydrogen-bond donors (Lipinski definition) is 0. The van der Waals surface area contributed by atoms with Crippen molar-refractivity contribution in [3.8, 4) is 22.3 Å². The summed E-state index contributed by atoms with van der Waals surface area (Å²) in [5.41, 5.74) is 18.9. The molecule has 272 valence electrons. The highest BCUT2D eigenvalue weighted by atomic mass is 15.1. The van der Waals surface area contributed by atoms with Gasteiger partial charge in [0, 0.05) is 27.9 Å². The fraction of sp³-hybridized carbons (Fsp3) is 0.434. The van der Waals surface area contributed by atoms with Crippen LogP contribution in [0.15, 0.2) is 103 Å². The van der Waals surface area contributed by atoms with Crippen LogP contribution in [-0.2, 0) is 16.2 Å². The minimum absolute atomic E-state index is 0.0430. The molecule has 6 fully saturated rings. The smallest absolute Gasteiger partial charge is 0.0465 e. The van der Waals surface area contributed by atoms with Crippen LogP contribution in [0.5, 0.6) is 0 Å². The van der Waals surface area contributed by atoms with E-state index >= 15 is 0 Å². The summed E-state index contributed by atoms with van der Waals surface area (Å²) in [7, 11) is 0. The average Bonchev–Trinajstić information content (AvgIpc) is 3.92. The van der Waals surface area contributed by atoms with Crippen molar-refractivity contribution < 1.29 is 0 Å². The molecule has 0 aromatic heterocycles. The lowest BCUT2D eigenvalue weighted by Gasteiger charge is -2.57. The highest BCUT2D eigenvalue weighted by molar-refractivity contribution is 5.95. The molecule has 0 spiro atoms. The van der Waals surface area contributed by atoms with Gasteiger partial charge in [0.15, 0.2) is 0 Å². The Morgan fingerprint density at radius 3 is 1.81 bits per heavy atom. The molecule has 5 aromatic carbocycles. The van der Waals surface area contributed by atoms with Crippen molar-refractivity contribution in [2.75, 3.05) is 4.90 Å². The molecular formula is C53H55N. The van der Waals surface area contributed by atoms with Gasteiger partial charge in [0.2, 0.25) is 0 Å². The Balaban J connectivity index is 0.967. The van der Waals surface area contributed by atoms with Crippen molar-refractivity contribution in [1.82, 2.24) is 0 Å². The Bertz CT molecular complexity index is 2300. The summed E-state index contributed by atoms with van der Waals surface area (Å²) in [5.74, 6) is 5.49. The third kappa shape index (κ3) is 4.39. The van der Waals surface area contributed by atoms with Crippen molar-refractivity contribution in [3.05, 3.63) is 137 Å². The summed E-state index contributed by atoms with van der Waals surface area (Å²) < 4.78 is 0. The molecule has 3 unspecified atom stereocenters. The Kier molecular flexibility index (Phi) is 6.57. The van der Waals surface area contributed by atoms with Crippen LogP contribution >= 0.6 is 0 Å². The number of benzene rings is 5. The predicted octanol–water partition coefficient (Wildman–Crippen LogP) is 14.1. The first-order valence-electron chi connectivity index (χ1n) is 21.6. The van der Waals surface area contributed by atoms with E-state index in [1.54, 1.807) is 11.1 Å².